The van der Waals surface area contributed by atoms with E-state index in [4.69, 9.17) is 14.0 Å². The van der Waals surface area contributed by atoms with E-state index in [1.54, 1.807) is 4.90 Å². The monoisotopic (exact) mass is 423 g/mol. The second-order valence-corrected chi connectivity index (χ2v) is 7.67. The Morgan fingerprint density at radius 1 is 1.06 bits per heavy atom. The molecule has 0 aliphatic rings. The number of nitrogens with zero attached hydrogens (tertiary/aromatic N) is 3. The molecule has 0 radical (unpaired) electrons. The molecule has 0 N–H and O–H groups in total. The normalized spacial score (nSPS) is 11.9. The van der Waals surface area contributed by atoms with Gasteiger partial charge in [-0.15, -0.1) is 0 Å². The lowest BCUT2D eigenvalue weighted by molar-refractivity contribution is 0.0816. The number of ether oxygens (including phenoxy) is 2. The second-order valence-electron chi connectivity index (χ2n) is 7.67. The third-order valence-electron chi connectivity index (χ3n) is 4.80. The Hall–Kier alpha value is -3.35. The molecule has 0 bridgehead atoms. The molecule has 3 rings (SSSR count). The summed E-state index contributed by atoms with van der Waals surface area (Å²) in [6, 6.07) is 17.1. The van der Waals surface area contributed by atoms with Crippen LogP contribution in [0.4, 0.5) is 4.79 Å². The van der Waals surface area contributed by atoms with Crippen LogP contribution >= 0.6 is 0 Å². The smallest absolute Gasteiger partial charge is 0.410 e. The van der Waals surface area contributed by atoms with Crippen molar-refractivity contribution in [3.63, 3.8) is 0 Å². The van der Waals surface area contributed by atoms with E-state index in [9.17, 15) is 4.79 Å². The average molecular weight is 424 g/mol. The summed E-state index contributed by atoms with van der Waals surface area (Å²) in [6.07, 6.45) is -0.296. The van der Waals surface area contributed by atoms with Crippen LogP contribution in [0.2, 0.25) is 0 Å². The molecule has 7 heteroatoms. The largest absolute Gasteiger partial charge is 0.485 e. The molecule has 2 aromatic carbocycles. The Balaban J connectivity index is 1.57. The van der Waals surface area contributed by atoms with Gasteiger partial charge in [0.05, 0.1) is 12.6 Å². The molecule has 0 fully saturated rings. The summed E-state index contributed by atoms with van der Waals surface area (Å²) < 4.78 is 16.5. The van der Waals surface area contributed by atoms with Crippen LogP contribution < -0.4 is 4.74 Å². The number of aromatic nitrogens is 2. The van der Waals surface area contributed by atoms with Gasteiger partial charge in [-0.1, -0.05) is 49.3 Å². The number of hydrogen-bond donors (Lipinski definition) is 0. The molecule has 7 nitrogen and oxygen atoms in total. The van der Waals surface area contributed by atoms with Gasteiger partial charge in [0.15, 0.2) is 6.61 Å². The summed E-state index contributed by atoms with van der Waals surface area (Å²) in [7, 11) is 0. The Labute approximate surface area is 183 Å². The Kier molecular flexibility index (Phi) is 7.65. The summed E-state index contributed by atoms with van der Waals surface area (Å²) >= 11 is 0. The number of carbonyl (C=O) groups is 1. The fraction of sp³-hybridized carbons (Fsp3) is 0.375. The van der Waals surface area contributed by atoms with Crippen LogP contribution in [0.15, 0.2) is 59.1 Å². The first kappa shape index (κ1) is 22.3. The van der Waals surface area contributed by atoms with E-state index in [2.05, 4.69) is 10.1 Å². The van der Waals surface area contributed by atoms with Crippen LogP contribution in [0.25, 0.3) is 11.5 Å². The minimum Gasteiger partial charge on any atom is -0.485 e. The first-order valence-electron chi connectivity index (χ1n) is 10.5. The first-order valence-corrected chi connectivity index (χ1v) is 10.5. The average Bonchev–Trinajstić information content (AvgIpc) is 3.27. The van der Waals surface area contributed by atoms with Gasteiger partial charge in [-0.2, -0.15) is 4.98 Å². The maximum Gasteiger partial charge on any atom is 0.410 e. The Morgan fingerprint density at radius 2 is 1.77 bits per heavy atom. The predicted molar refractivity (Wildman–Crippen MR) is 117 cm³/mol. The molecule has 0 saturated heterocycles. The molecule has 31 heavy (non-hydrogen) atoms. The molecule has 0 aliphatic heterocycles. The summed E-state index contributed by atoms with van der Waals surface area (Å²) in [4.78, 5) is 18.5. The van der Waals surface area contributed by atoms with E-state index in [1.807, 2.05) is 82.3 Å². The third-order valence-corrected chi connectivity index (χ3v) is 4.80. The molecule has 0 aliphatic carbocycles. The molecular weight excluding hydrogens is 394 g/mol. The molecule has 0 saturated carbocycles. The quantitative estimate of drug-likeness (QED) is 0.453. The SMILES string of the molecule is CCN(C(=O)OCC(C)C)[C@@H](C)c1ccc(OCc2noc(-c3ccccc3)n2)cc1. The van der Waals surface area contributed by atoms with E-state index in [1.165, 1.54) is 0 Å². The van der Waals surface area contributed by atoms with Gasteiger partial charge in [-0.05, 0) is 49.6 Å². The Morgan fingerprint density at radius 3 is 2.42 bits per heavy atom. The molecule has 1 heterocycles. The van der Waals surface area contributed by atoms with Crippen molar-refractivity contribution in [2.45, 2.75) is 40.3 Å². The zero-order valence-corrected chi connectivity index (χ0v) is 18.4. The molecule has 1 amide bonds. The lowest BCUT2D eigenvalue weighted by atomic mass is 10.1. The van der Waals surface area contributed by atoms with Gasteiger partial charge in [0.2, 0.25) is 5.82 Å². The van der Waals surface area contributed by atoms with Gasteiger partial charge in [-0.3, -0.25) is 0 Å². The molecule has 0 unspecified atom stereocenters. The van der Waals surface area contributed by atoms with E-state index < -0.39 is 0 Å². The Bertz CT molecular complexity index is 954. The highest BCUT2D eigenvalue weighted by Crippen LogP contribution is 2.24. The highest BCUT2D eigenvalue weighted by atomic mass is 16.6. The third kappa shape index (κ3) is 6.07. The van der Waals surface area contributed by atoms with Crippen LogP contribution in [0.5, 0.6) is 5.75 Å². The van der Waals surface area contributed by atoms with Gasteiger partial charge in [0, 0.05) is 12.1 Å². The summed E-state index contributed by atoms with van der Waals surface area (Å²) in [5.41, 5.74) is 1.87. The lowest BCUT2D eigenvalue weighted by Gasteiger charge is -2.28. The highest BCUT2D eigenvalue weighted by Gasteiger charge is 2.21. The maximum atomic E-state index is 12.4. The fourth-order valence-electron chi connectivity index (χ4n) is 3.06. The number of rotatable bonds is 9. The minimum atomic E-state index is -0.296. The standard InChI is InChI=1S/C24H29N3O4/c1-5-27(24(28)30-15-17(2)3)18(4)19-11-13-21(14-12-19)29-16-22-25-23(31-26-22)20-9-7-6-8-10-20/h6-14,17-18H,5,15-16H2,1-4H3/t18-/m0/s1. The maximum absolute atomic E-state index is 12.4. The van der Waals surface area contributed by atoms with Crippen LogP contribution in [0.3, 0.4) is 0 Å². The predicted octanol–water partition coefficient (Wildman–Crippen LogP) is 5.49. The van der Waals surface area contributed by atoms with E-state index in [0.717, 1.165) is 11.1 Å². The van der Waals surface area contributed by atoms with Crippen molar-refractivity contribution < 1.29 is 18.8 Å². The van der Waals surface area contributed by atoms with Crippen molar-refractivity contribution in [2.24, 2.45) is 5.92 Å². The van der Waals surface area contributed by atoms with Gasteiger partial charge in [0.1, 0.15) is 5.75 Å². The van der Waals surface area contributed by atoms with Crippen molar-refractivity contribution in [2.75, 3.05) is 13.2 Å². The summed E-state index contributed by atoms with van der Waals surface area (Å²) in [5.74, 6) is 1.93. The molecular formula is C24H29N3O4. The lowest BCUT2D eigenvalue weighted by Crippen LogP contribution is -2.34. The molecule has 3 aromatic rings. The van der Waals surface area contributed by atoms with Gasteiger partial charge < -0.3 is 18.9 Å². The summed E-state index contributed by atoms with van der Waals surface area (Å²) in [5, 5.41) is 3.97. The van der Waals surface area contributed by atoms with Crippen molar-refractivity contribution in [1.82, 2.24) is 15.0 Å². The van der Waals surface area contributed by atoms with Gasteiger partial charge in [-0.25, -0.2) is 4.79 Å². The number of carbonyl (C=O) groups excluding carboxylic acids is 1. The van der Waals surface area contributed by atoms with Crippen molar-refractivity contribution >= 4 is 6.09 Å². The molecule has 164 valence electrons. The van der Waals surface area contributed by atoms with Crippen molar-refractivity contribution in [1.29, 1.82) is 0 Å². The molecule has 1 aromatic heterocycles. The van der Waals surface area contributed by atoms with Gasteiger partial charge in [0.25, 0.3) is 5.89 Å². The van der Waals surface area contributed by atoms with Gasteiger partial charge >= 0.3 is 6.09 Å². The van der Waals surface area contributed by atoms with Crippen molar-refractivity contribution in [3.05, 3.63) is 66.0 Å². The zero-order valence-electron chi connectivity index (χ0n) is 18.4. The highest BCUT2D eigenvalue weighted by molar-refractivity contribution is 5.68. The molecule has 1 atom stereocenters. The fourth-order valence-corrected chi connectivity index (χ4v) is 3.06. The second kappa shape index (κ2) is 10.6. The number of benzene rings is 2. The van der Waals surface area contributed by atoms with Crippen LogP contribution in [-0.4, -0.2) is 34.3 Å². The topological polar surface area (TPSA) is 77.7 Å². The van der Waals surface area contributed by atoms with E-state index in [0.29, 0.717) is 36.5 Å². The van der Waals surface area contributed by atoms with Crippen LogP contribution in [0.1, 0.15) is 45.1 Å². The van der Waals surface area contributed by atoms with E-state index in [-0.39, 0.29) is 18.7 Å². The summed E-state index contributed by atoms with van der Waals surface area (Å²) in [6.45, 7) is 9.15. The van der Waals surface area contributed by atoms with Crippen molar-refractivity contribution in [3.8, 4) is 17.2 Å². The zero-order chi connectivity index (χ0) is 22.2. The van der Waals surface area contributed by atoms with Crippen LogP contribution in [-0.2, 0) is 11.3 Å². The number of amides is 1. The minimum absolute atomic E-state index is 0.107. The molecule has 0 spiro atoms. The van der Waals surface area contributed by atoms with E-state index >= 15 is 0 Å². The number of hydrogen-bond acceptors (Lipinski definition) is 6. The first-order chi connectivity index (χ1) is 15.0. The van der Waals surface area contributed by atoms with Crippen LogP contribution in [0, 0.1) is 5.92 Å².